The molecule has 1 amide bonds. The van der Waals surface area contributed by atoms with Gasteiger partial charge in [-0.3, -0.25) is 9.48 Å². The van der Waals surface area contributed by atoms with Gasteiger partial charge in [-0.2, -0.15) is 5.10 Å². The first-order chi connectivity index (χ1) is 14.7. The molecule has 1 aliphatic rings. The fraction of sp³-hybridized carbons (Fsp3) is 0.348. The van der Waals surface area contributed by atoms with Crippen molar-refractivity contribution in [3.8, 4) is 5.75 Å². The van der Waals surface area contributed by atoms with Crippen molar-refractivity contribution in [1.82, 2.24) is 25.4 Å². The van der Waals surface area contributed by atoms with Crippen molar-refractivity contribution in [3.05, 3.63) is 78.4 Å². The maximum absolute atomic E-state index is 13.4. The summed E-state index contributed by atoms with van der Waals surface area (Å²) in [5, 5.41) is 10.8. The number of ether oxygens (including phenoxy) is 1. The Kier molecular flexibility index (Phi) is 6.09. The van der Waals surface area contributed by atoms with Crippen LogP contribution in [0.5, 0.6) is 5.75 Å². The Morgan fingerprint density at radius 2 is 2.07 bits per heavy atom. The minimum atomic E-state index is -0.452. The van der Waals surface area contributed by atoms with Crippen molar-refractivity contribution in [2.24, 2.45) is 5.41 Å². The van der Waals surface area contributed by atoms with Gasteiger partial charge >= 0.3 is 0 Å². The Morgan fingerprint density at radius 3 is 2.73 bits per heavy atom. The van der Waals surface area contributed by atoms with Crippen molar-refractivity contribution in [1.29, 1.82) is 0 Å². The van der Waals surface area contributed by atoms with Crippen LogP contribution < -0.4 is 15.4 Å². The summed E-state index contributed by atoms with van der Waals surface area (Å²) in [6, 6.07) is 18.0. The third kappa shape index (κ3) is 4.52. The van der Waals surface area contributed by atoms with Gasteiger partial charge in [0.05, 0.1) is 18.6 Å². The molecule has 1 aliphatic heterocycles. The predicted molar refractivity (Wildman–Crippen MR) is 114 cm³/mol. The molecule has 0 saturated carbocycles. The summed E-state index contributed by atoms with van der Waals surface area (Å²) < 4.78 is 7.13. The Hall–Kier alpha value is -3.19. The summed E-state index contributed by atoms with van der Waals surface area (Å²) in [6.07, 6.45) is 4.64. The molecule has 4 rings (SSSR count). The summed E-state index contributed by atoms with van der Waals surface area (Å²) >= 11 is 0. The fourth-order valence-corrected chi connectivity index (χ4v) is 3.89. The van der Waals surface area contributed by atoms with Gasteiger partial charge in [0, 0.05) is 19.6 Å². The van der Waals surface area contributed by atoms with E-state index in [9.17, 15) is 4.79 Å². The van der Waals surface area contributed by atoms with Crippen molar-refractivity contribution in [2.45, 2.75) is 25.4 Å². The fourth-order valence-electron chi connectivity index (χ4n) is 3.89. The first-order valence-electron chi connectivity index (χ1n) is 10.2. The summed E-state index contributed by atoms with van der Waals surface area (Å²) in [7, 11) is 1.66. The molecule has 0 radical (unpaired) electrons. The number of hydrogen-bond acceptors (Lipinski definition) is 5. The molecule has 2 N–H and O–H groups in total. The maximum Gasteiger partial charge on any atom is 0.229 e. The van der Waals surface area contributed by atoms with E-state index in [0.29, 0.717) is 26.1 Å². The second-order valence-corrected chi connectivity index (χ2v) is 7.80. The van der Waals surface area contributed by atoms with Gasteiger partial charge < -0.3 is 15.4 Å². The molecule has 0 aliphatic carbocycles. The number of aromatic nitrogens is 3. The lowest BCUT2D eigenvalue weighted by Crippen LogP contribution is -2.62. The quantitative estimate of drug-likeness (QED) is 0.571. The van der Waals surface area contributed by atoms with Crippen molar-refractivity contribution < 1.29 is 9.53 Å². The molecular weight excluding hydrogens is 378 g/mol. The Bertz CT molecular complexity index is 955. The van der Waals surface area contributed by atoms with E-state index < -0.39 is 5.41 Å². The second kappa shape index (κ2) is 9.09. The van der Waals surface area contributed by atoms with Gasteiger partial charge in [-0.05, 0) is 36.1 Å². The zero-order valence-corrected chi connectivity index (χ0v) is 17.1. The Morgan fingerprint density at radius 1 is 1.23 bits per heavy atom. The van der Waals surface area contributed by atoms with E-state index in [-0.39, 0.29) is 11.9 Å². The van der Waals surface area contributed by atoms with Crippen LogP contribution in [0.2, 0.25) is 0 Å². The highest BCUT2D eigenvalue weighted by Gasteiger charge is 2.44. The molecule has 0 spiro atoms. The van der Waals surface area contributed by atoms with Gasteiger partial charge in [0.2, 0.25) is 5.91 Å². The van der Waals surface area contributed by atoms with Crippen LogP contribution in [0.4, 0.5) is 0 Å². The number of nitrogens with one attached hydrogen (secondary N) is 2. The van der Waals surface area contributed by atoms with Gasteiger partial charge in [-0.1, -0.05) is 42.5 Å². The molecule has 156 valence electrons. The minimum Gasteiger partial charge on any atom is -0.497 e. The molecule has 3 aromatic rings. The van der Waals surface area contributed by atoms with E-state index in [1.165, 1.54) is 6.33 Å². The van der Waals surface area contributed by atoms with Crippen LogP contribution in [-0.4, -0.2) is 40.9 Å². The third-order valence-corrected chi connectivity index (χ3v) is 5.71. The lowest BCUT2D eigenvalue weighted by molar-refractivity contribution is -0.134. The summed E-state index contributed by atoms with van der Waals surface area (Å²) in [4.78, 5) is 17.4. The molecule has 1 atom stereocenters. The van der Waals surface area contributed by atoms with Crippen LogP contribution in [0.15, 0.2) is 67.3 Å². The Labute approximate surface area is 176 Å². The SMILES string of the molecule is COc1cccc(CC2(C(=O)NC(CCn3cncn3)c3ccccc3)CNC2)c1. The zero-order chi connectivity index (χ0) is 20.8. The first-order valence-corrected chi connectivity index (χ1v) is 10.2. The summed E-state index contributed by atoms with van der Waals surface area (Å²) in [5.41, 5.74) is 1.74. The highest BCUT2D eigenvalue weighted by Crippen LogP contribution is 2.31. The van der Waals surface area contributed by atoms with Crippen molar-refractivity contribution >= 4 is 5.91 Å². The summed E-state index contributed by atoms with van der Waals surface area (Å²) in [5.74, 6) is 0.891. The predicted octanol–water partition coefficient (Wildman–Crippen LogP) is 2.37. The molecule has 0 bridgehead atoms. The number of hydrogen-bond donors (Lipinski definition) is 2. The van der Waals surface area contributed by atoms with Gasteiger partial charge in [0.25, 0.3) is 0 Å². The molecule has 1 fully saturated rings. The van der Waals surface area contributed by atoms with Crippen LogP contribution in [0.25, 0.3) is 0 Å². The number of benzene rings is 2. The number of rotatable bonds is 9. The molecule has 2 heterocycles. The van der Waals surface area contributed by atoms with E-state index in [0.717, 1.165) is 23.3 Å². The van der Waals surface area contributed by atoms with E-state index >= 15 is 0 Å². The number of amides is 1. The van der Waals surface area contributed by atoms with Gasteiger partial charge in [0.1, 0.15) is 18.4 Å². The standard InChI is InChI=1S/C23H27N5O2/c1-30-20-9-5-6-18(12-20)13-23(14-24-15-23)22(29)27-21(19-7-3-2-4-8-19)10-11-28-17-25-16-26-28/h2-9,12,16-17,21,24H,10-11,13-15H2,1H3,(H,27,29). The van der Waals surface area contributed by atoms with Crippen LogP contribution in [0.1, 0.15) is 23.6 Å². The molecule has 7 heteroatoms. The van der Waals surface area contributed by atoms with Gasteiger partial charge in [-0.15, -0.1) is 0 Å². The maximum atomic E-state index is 13.4. The van der Waals surface area contributed by atoms with E-state index in [4.69, 9.17) is 4.74 Å². The molecular formula is C23H27N5O2. The number of methoxy groups -OCH3 is 1. The number of aryl methyl sites for hydroxylation is 1. The lowest BCUT2D eigenvalue weighted by atomic mass is 9.75. The van der Waals surface area contributed by atoms with Crippen LogP contribution in [0, 0.1) is 5.41 Å². The summed E-state index contributed by atoms with van der Waals surface area (Å²) in [6.45, 7) is 2.02. The number of carbonyl (C=O) groups excluding carboxylic acids is 1. The molecule has 2 aromatic carbocycles. The largest absolute Gasteiger partial charge is 0.497 e. The topological polar surface area (TPSA) is 81.1 Å². The van der Waals surface area contributed by atoms with Gasteiger partial charge in [-0.25, -0.2) is 4.98 Å². The normalized spacial score (nSPS) is 15.8. The second-order valence-electron chi connectivity index (χ2n) is 7.80. The highest BCUT2D eigenvalue weighted by atomic mass is 16.5. The lowest BCUT2D eigenvalue weighted by Gasteiger charge is -2.42. The van der Waals surface area contributed by atoms with E-state index in [1.807, 2.05) is 36.4 Å². The number of carbonyl (C=O) groups is 1. The van der Waals surface area contributed by atoms with Crippen LogP contribution >= 0.6 is 0 Å². The van der Waals surface area contributed by atoms with Crippen molar-refractivity contribution in [2.75, 3.05) is 20.2 Å². The average Bonchev–Trinajstić information content (AvgIpc) is 3.28. The smallest absolute Gasteiger partial charge is 0.229 e. The minimum absolute atomic E-state index is 0.0801. The van der Waals surface area contributed by atoms with Crippen LogP contribution in [0.3, 0.4) is 0 Å². The van der Waals surface area contributed by atoms with Gasteiger partial charge in [0.15, 0.2) is 0 Å². The molecule has 7 nitrogen and oxygen atoms in total. The Balaban J connectivity index is 1.49. The molecule has 30 heavy (non-hydrogen) atoms. The van der Waals surface area contributed by atoms with Crippen LogP contribution in [-0.2, 0) is 17.8 Å². The zero-order valence-electron chi connectivity index (χ0n) is 17.1. The van der Waals surface area contributed by atoms with E-state index in [2.05, 4.69) is 38.9 Å². The highest BCUT2D eigenvalue weighted by molar-refractivity contribution is 5.85. The average molecular weight is 406 g/mol. The first kappa shape index (κ1) is 20.1. The van der Waals surface area contributed by atoms with E-state index in [1.54, 1.807) is 18.1 Å². The molecule has 1 aromatic heterocycles. The molecule has 1 unspecified atom stereocenters. The monoisotopic (exact) mass is 405 g/mol. The number of nitrogens with zero attached hydrogens (tertiary/aromatic N) is 3. The third-order valence-electron chi connectivity index (χ3n) is 5.71. The van der Waals surface area contributed by atoms with Crippen molar-refractivity contribution in [3.63, 3.8) is 0 Å². The molecule has 1 saturated heterocycles.